The van der Waals surface area contributed by atoms with Crippen LogP contribution in [-0.2, 0) is 23.6 Å². The van der Waals surface area contributed by atoms with Crippen LogP contribution in [0.1, 0.15) is 26.0 Å². The van der Waals surface area contributed by atoms with Gasteiger partial charge in [-0.3, -0.25) is 0 Å². The summed E-state index contributed by atoms with van der Waals surface area (Å²) in [5.74, 6) is 0. The predicted octanol–water partition coefficient (Wildman–Crippen LogP) is 1.17. The van der Waals surface area contributed by atoms with Crippen LogP contribution in [0.3, 0.4) is 0 Å². The Bertz CT molecular complexity index is 480. The van der Waals surface area contributed by atoms with E-state index in [1.807, 2.05) is 32.5 Å². The first kappa shape index (κ1) is 15.2. The minimum atomic E-state index is -3.35. The molecule has 0 atom stereocenters. The molecule has 0 aliphatic rings. The van der Waals surface area contributed by atoms with Crippen molar-refractivity contribution in [3.63, 3.8) is 0 Å². The van der Waals surface area contributed by atoms with Crippen molar-refractivity contribution >= 4 is 10.0 Å². The third kappa shape index (κ3) is 3.13. The molecule has 0 bridgehead atoms. The lowest BCUT2D eigenvalue weighted by Gasteiger charge is -2.18. The van der Waals surface area contributed by atoms with Crippen molar-refractivity contribution < 1.29 is 8.42 Å². The minimum absolute atomic E-state index is 0.380. The monoisotopic (exact) mass is 273 g/mol. The van der Waals surface area contributed by atoms with Gasteiger partial charge in [-0.15, -0.1) is 0 Å². The Morgan fingerprint density at radius 1 is 1.39 bits per heavy atom. The lowest BCUT2D eigenvalue weighted by Crippen LogP contribution is -2.31. The van der Waals surface area contributed by atoms with E-state index in [2.05, 4.69) is 5.32 Å². The number of aryl methyl sites for hydroxylation is 1. The van der Waals surface area contributed by atoms with Crippen molar-refractivity contribution in [2.45, 2.75) is 31.7 Å². The summed E-state index contributed by atoms with van der Waals surface area (Å²) in [7, 11) is 0.358. The molecule has 1 rings (SSSR count). The number of hydrogen-bond donors (Lipinski definition) is 1. The summed E-state index contributed by atoms with van der Waals surface area (Å²) in [6.45, 7) is 5.58. The van der Waals surface area contributed by atoms with Gasteiger partial charge in [0.1, 0.15) is 4.90 Å². The Morgan fingerprint density at radius 2 is 2.06 bits per heavy atom. The fourth-order valence-corrected chi connectivity index (χ4v) is 3.56. The fourth-order valence-electron chi connectivity index (χ4n) is 1.92. The highest BCUT2D eigenvalue weighted by Gasteiger charge is 2.24. The summed E-state index contributed by atoms with van der Waals surface area (Å²) >= 11 is 0. The highest BCUT2D eigenvalue weighted by atomic mass is 32.2. The van der Waals surface area contributed by atoms with Crippen molar-refractivity contribution in [1.82, 2.24) is 14.2 Å². The standard InChI is InChI=1S/C12H23N3O2S/c1-5-7-15(6-2)18(16,17)12-8-11(9-13-3)14(4)10-12/h8,10,13H,5-7,9H2,1-4H3. The zero-order valence-corrected chi connectivity index (χ0v) is 12.4. The topological polar surface area (TPSA) is 54.3 Å². The largest absolute Gasteiger partial charge is 0.352 e. The van der Waals surface area contributed by atoms with Crippen LogP contribution in [0.15, 0.2) is 17.2 Å². The van der Waals surface area contributed by atoms with E-state index in [1.165, 1.54) is 4.31 Å². The van der Waals surface area contributed by atoms with Crippen molar-refractivity contribution in [2.24, 2.45) is 7.05 Å². The van der Waals surface area contributed by atoms with Gasteiger partial charge in [-0.25, -0.2) is 8.42 Å². The molecule has 0 saturated heterocycles. The van der Waals surface area contributed by atoms with E-state index < -0.39 is 10.0 Å². The van der Waals surface area contributed by atoms with Gasteiger partial charge in [-0.05, 0) is 19.5 Å². The van der Waals surface area contributed by atoms with Crippen molar-refractivity contribution in [1.29, 1.82) is 0 Å². The van der Waals surface area contributed by atoms with Gasteiger partial charge in [0, 0.05) is 38.6 Å². The molecule has 0 fully saturated rings. The second-order valence-corrected chi connectivity index (χ2v) is 6.24. The molecule has 1 N–H and O–H groups in total. The van der Waals surface area contributed by atoms with E-state index in [0.29, 0.717) is 24.5 Å². The molecule has 1 aromatic rings. The first-order valence-electron chi connectivity index (χ1n) is 6.27. The third-order valence-electron chi connectivity index (χ3n) is 2.90. The predicted molar refractivity (Wildman–Crippen MR) is 72.9 cm³/mol. The van der Waals surface area contributed by atoms with Gasteiger partial charge in [0.25, 0.3) is 0 Å². The average molecular weight is 273 g/mol. The Hall–Kier alpha value is -0.850. The summed E-state index contributed by atoms with van der Waals surface area (Å²) in [5, 5.41) is 3.03. The van der Waals surface area contributed by atoms with E-state index in [4.69, 9.17) is 0 Å². The molecule has 0 aliphatic carbocycles. The quantitative estimate of drug-likeness (QED) is 0.811. The maximum atomic E-state index is 12.4. The van der Waals surface area contributed by atoms with Gasteiger partial charge in [0.2, 0.25) is 10.0 Å². The van der Waals surface area contributed by atoms with Gasteiger partial charge in [0.05, 0.1) is 0 Å². The molecule has 0 unspecified atom stereocenters. The zero-order valence-electron chi connectivity index (χ0n) is 11.6. The fraction of sp³-hybridized carbons (Fsp3) is 0.667. The maximum absolute atomic E-state index is 12.4. The number of aromatic nitrogens is 1. The molecule has 18 heavy (non-hydrogen) atoms. The van der Waals surface area contributed by atoms with Gasteiger partial charge in [0.15, 0.2) is 0 Å². The number of sulfonamides is 1. The number of hydrogen-bond acceptors (Lipinski definition) is 3. The molecule has 1 aromatic heterocycles. The van der Waals surface area contributed by atoms with Crippen molar-refractivity contribution in [3.8, 4) is 0 Å². The Balaban J connectivity index is 3.07. The molecule has 104 valence electrons. The van der Waals surface area contributed by atoms with Crippen LogP contribution in [0.25, 0.3) is 0 Å². The molecular weight excluding hydrogens is 250 g/mol. The molecule has 0 radical (unpaired) electrons. The lowest BCUT2D eigenvalue weighted by molar-refractivity contribution is 0.427. The summed E-state index contributed by atoms with van der Waals surface area (Å²) < 4.78 is 28.2. The highest BCUT2D eigenvalue weighted by molar-refractivity contribution is 7.89. The van der Waals surface area contributed by atoms with Crippen LogP contribution in [0.4, 0.5) is 0 Å². The number of rotatable bonds is 7. The van der Waals surface area contributed by atoms with E-state index >= 15 is 0 Å². The molecule has 6 heteroatoms. The Labute approximate surface area is 110 Å². The summed E-state index contributed by atoms with van der Waals surface area (Å²) in [6.07, 6.45) is 2.50. The van der Waals surface area contributed by atoms with E-state index in [-0.39, 0.29) is 0 Å². The second kappa shape index (κ2) is 6.36. The molecule has 0 saturated carbocycles. The first-order chi connectivity index (χ1) is 8.47. The van der Waals surface area contributed by atoms with Gasteiger partial charge in [-0.2, -0.15) is 4.31 Å². The highest BCUT2D eigenvalue weighted by Crippen LogP contribution is 2.18. The molecule has 0 amide bonds. The van der Waals surface area contributed by atoms with Gasteiger partial charge >= 0.3 is 0 Å². The molecule has 0 spiro atoms. The number of nitrogens with one attached hydrogen (secondary N) is 1. The van der Waals surface area contributed by atoms with Crippen LogP contribution in [-0.4, -0.2) is 37.4 Å². The van der Waals surface area contributed by atoms with E-state index in [9.17, 15) is 8.42 Å². The van der Waals surface area contributed by atoms with Gasteiger partial charge in [-0.1, -0.05) is 13.8 Å². The second-order valence-electron chi connectivity index (χ2n) is 4.31. The van der Waals surface area contributed by atoms with E-state index in [0.717, 1.165) is 12.1 Å². The van der Waals surface area contributed by atoms with Crippen LogP contribution in [0.2, 0.25) is 0 Å². The zero-order chi connectivity index (χ0) is 13.8. The van der Waals surface area contributed by atoms with Crippen LogP contribution in [0, 0.1) is 0 Å². The smallest absolute Gasteiger partial charge is 0.244 e. The van der Waals surface area contributed by atoms with Crippen molar-refractivity contribution in [2.75, 3.05) is 20.1 Å². The molecule has 0 aromatic carbocycles. The van der Waals surface area contributed by atoms with Crippen LogP contribution < -0.4 is 5.32 Å². The first-order valence-corrected chi connectivity index (χ1v) is 7.71. The normalized spacial score (nSPS) is 12.3. The SMILES string of the molecule is CCCN(CC)S(=O)(=O)c1cc(CNC)n(C)c1. The lowest BCUT2D eigenvalue weighted by atomic mass is 10.4. The average Bonchev–Trinajstić information content (AvgIpc) is 2.69. The molecule has 5 nitrogen and oxygen atoms in total. The van der Waals surface area contributed by atoms with Crippen LogP contribution >= 0.6 is 0 Å². The third-order valence-corrected chi connectivity index (χ3v) is 4.84. The van der Waals surface area contributed by atoms with Crippen molar-refractivity contribution in [3.05, 3.63) is 18.0 Å². The Morgan fingerprint density at radius 3 is 2.56 bits per heavy atom. The maximum Gasteiger partial charge on any atom is 0.244 e. The van der Waals surface area contributed by atoms with E-state index in [1.54, 1.807) is 12.3 Å². The molecular formula is C12H23N3O2S. The summed E-state index contributed by atoms with van der Waals surface area (Å²) in [5.41, 5.74) is 0.962. The molecule has 0 aliphatic heterocycles. The van der Waals surface area contributed by atoms with Crippen LogP contribution in [0.5, 0.6) is 0 Å². The molecule has 1 heterocycles. The summed E-state index contributed by atoms with van der Waals surface area (Å²) in [6, 6.07) is 1.74. The Kier molecular flexibility index (Phi) is 5.37. The minimum Gasteiger partial charge on any atom is -0.352 e. The number of nitrogens with zero attached hydrogens (tertiary/aromatic N) is 2. The summed E-state index contributed by atoms with van der Waals surface area (Å²) in [4.78, 5) is 0.380. The van der Waals surface area contributed by atoms with Gasteiger partial charge < -0.3 is 9.88 Å².